The van der Waals surface area contributed by atoms with Gasteiger partial charge in [0.25, 0.3) is 0 Å². The third kappa shape index (κ3) is 3.74. The van der Waals surface area contributed by atoms with Gasteiger partial charge in [0.15, 0.2) is 17.3 Å². The smallest absolute Gasteiger partial charge is 0.224 e. The molecule has 1 aromatic carbocycles. The van der Waals surface area contributed by atoms with E-state index < -0.39 is 5.82 Å². The molecule has 9 nitrogen and oxygen atoms in total. The number of halogens is 1. The molecular weight excluding hydrogens is 459 g/mol. The zero-order chi connectivity index (χ0) is 24.6. The highest BCUT2D eigenvalue weighted by molar-refractivity contribution is 5.98. The molecule has 0 saturated carbocycles. The molecule has 6 rings (SSSR count). The molecule has 36 heavy (non-hydrogen) atoms. The first-order valence-electron chi connectivity index (χ1n) is 11.3. The van der Waals surface area contributed by atoms with Crippen LogP contribution in [-0.2, 0) is 4.79 Å². The summed E-state index contributed by atoms with van der Waals surface area (Å²) in [6.45, 7) is 1.77. The zero-order valence-electron chi connectivity index (χ0n) is 19.1. The van der Waals surface area contributed by atoms with Gasteiger partial charge in [0.2, 0.25) is 5.91 Å². The molecule has 0 fully saturated rings. The quantitative estimate of drug-likeness (QED) is 0.316. The van der Waals surface area contributed by atoms with Gasteiger partial charge in [-0.25, -0.2) is 14.4 Å². The molecule has 3 N–H and O–H groups in total. The first-order valence-corrected chi connectivity index (χ1v) is 11.3. The summed E-state index contributed by atoms with van der Waals surface area (Å²) in [6.07, 6.45) is 8.69. The van der Waals surface area contributed by atoms with Crippen molar-refractivity contribution < 1.29 is 9.18 Å². The molecule has 0 radical (unpaired) electrons. The van der Waals surface area contributed by atoms with E-state index in [2.05, 4.69) is 40.4 Å². The number of carbonyl (C=O) groups excluding carboxylic acids is 1. The Balaban J connectivity index is 1.46. The highest BCUT2D eigenvalue weighted by Crippen LogP contribution is 2.34. The number of anilines is 1. The van der Waals surface area contributed by atoms with E-state index in [9.17, 15) is 4.79 Å². The van der Waals surface area contributed by atoms with Gasteiger partial charge >= 0.3 is 0 Å². The highest BCUT2D eigenvalue weighted by atomic mass is 19.1. The van der Waals surface area contributed by atoms with Gasteiger partial charge in [-0.3, -0.25) is 19.9 Å². The van der Waals surface area contributed by atoms with E-state index in [4.69, 9.17) is 0 Å². The maximum Gasteiger partial charge on any atom is 0.224 e. The first-order chi connectivity index (χ1) is 17.6. The van der Waals surface area contributed by atoms with E-state index in [0.717, 1.165) is 16.6 Å². The molecule has 5 heterocycles. The lowest BCUT2D eigenvalue weighted by Gasteiger charge is -2.07. The summed E-state index contributed by atoms with van der Waals surface area (Å²) >= 11 is 0. The molecule has 0 bridgehead atoms. The fourth-order valence-corrected chi connectivity index (χ4v) is 4.13. The molecule has 176 valence electrons. The molecule has 5 aromatic heterocycles. The number of fused-ring (bicyclic) bond motifs is 2. The van der Waals surface area contributed by atoms with Gasteiger partial charge in [-0.05, 0) is 35.9 Å². The molecule has 0 aliphatic rings. The van der Waals surface area contributed by atoms with Crippen molar-refractivity contribution in [2.45, 2.75) is 13.3 Å². The normalized spacial score (nSPS) is 11.3. The molecular formula is C26H19FN8O. The third-order valence-corrected chi connectivity index (χ3v) is 5.89. The van der Waals surface area contributed by atoms with Crippen LogP contribution in [0.4, 0.5) is 10.1 Å². The van der Waals surface area contributed by atoms with Crippen LogP contribution >= 0.6 is 0 Å². The van der Waals surface area contributed by atoms with Gasteiger partial charge in [0, 0.05) is 53.3 Å². The van der Waals surface area contributed by atoms with Crippen LogP contribution < -0.4 is 5.32 Å². The minimum absolute atomic E-state index is 0.128. The average Bonchev–Trinajstić information content (AvgIpc) is 3.53. The Kier molecular flexibility index (Phi) is 5.18. The monoisotopic (exact) mass is 478 g/mol. The van der Waals surface area contributed by atoms with E-state index in [-0.39, 0.29) is 11.4 Å². The van der Waals surface area contributed by atoms with Crippen molar-refractivity contribution in [3.05, 3.63) is 73.2 Å². The third-order valence-electron chi connectivity index (χ3n) is 5.89. The lowest BCUT2D eigenvalue weighted by Crippen LogP contribution is -2.09. The molecule has 10 heteroatoms. The van der Waals surface area contributed by atoms with Crippen LogP contribution in [0.5, 0.6) is 0 Å². The molecule has 0 unspecified atom stereocenters. The zero-order valence-corrected chi connectivity index (χ0v) is 19.1. The van der Waals surface area contributed by atoms with Gasteiger partial charge in [0.05, 0.1) is 17.4 Å². The van der Waals surface area contributed by atoms with Crippen molar-refractivity contribution >= 4 is 33.7 Å². The van der Waals surface area contributed by atoms with Crippen molar-refractivity contribution in [2.24, 2.45) is 0 Å². The van der Waals surface area contributed by atoms with E-state index in [1.165, 1.54) is 6.07 Å². The molecule has 0 saturated heterocycles. The van der Waals surface area contributed by atoms with E-state index in [1.807, 2.05) is 24.3 Å². The Hall–Kier alpha value is -4.99. The van der Waals surface area contributed by atoms with Crippen molar-refractivity contribution in [1.82, 2.24) is 35.1 Å². The van der Waals surface area contributed by atoms with E-state index in [1.54, 1.807) is 44.0 Å². The van der Waals surface area contributed by atoms with E-state index in [0.29, 0.717) is 45.8 Å². The Morgan fingerprint density at radius 2 is 1.92 bits per heavy atom. The predicted molar refractivity (Wildman–Crippen MR) is 134 cm³/mol. The number of rotatable bonds is 5. The van der Waals surface area contributed by atoms with Crippen LogP contribution in [0.1, 0.15) is 13.3 Å². The van der Waals surface area contributed by atoms with Crippen LogP contribution in [0.25, 0.3) is 55.8 Å². The first kappa shape index (κ1) is 21.5. The number of H-pyrrole nitrogens is 2. The number of nitrogens with one attached hydrogen (secondary N) is 3. The number of aromatic amines is 2. The van der Waals surface area contributed by atoms with Crippen LogP contribution in [0.15, 0.2) is 67.4 Å². The number of carbonyl (C=O) groups is 1. The Labute approximate surface area is 203 Å². The molecule has 0 aliphatic heterocycles. The highest BCUT2D eigenvalue weighted by Gasteiger charge is 2.18. The number of nitrogens with zero attached hydrogens (tertiary/aromatic N) is 5. The van der Waals surface area contributed by atoms with Gasteiger partial charge < -0.3 is 10.3 Å². The maximum absolute atomic E-state index is 15.1. The van der Waals surface area contributed by atoms with E-state index >= 15 is 4.39 Å². The Morgan fingerprint density at radius 1 is 1.03 bits per heavy atom. The second-order valence-electron chi connectivity index (χ2n) is 8.20. The number of hydrogen-bond donors (Lipinski definition) is 3. The summed E-state index contributed by atoms with van der Waals surface area (Å²) in [7, 11) is 0. The standard InChI is InChI=1S/C26H19FN8O/c1-2-21(36)31-17-8-16(12-29-13-17)15-9-19-22(20(27)10-15)34-35-24(19)26-32-23-18(5-7-30-25(23)33-26)14-4-3-6-28-11-14/h3-13H,2H2,1H3,(H,31,36)(H,34,35)(H,30,32,33). The van der Waals surface area contributed by atoms with Crippen LogP contribution in [0.2, 0.25) is 0 Å². The average molecular weight is 478 g/mol. The number of amides is 1. The predicted octanol–water partition coefficient (Wildman–Crippen LogP) is 5.11. The van der Waals surface area contributed by atoms with Crippen molar-refractivity contribution in [3.63, 3.8) is 0 Å². The SMILES string of the molecule is CCC(=O)Nc1cncc(-c2cc(F)c3n[nH]c(-c4nc5nccc(-c6cccnc6)c5[nH]4)c3c2)c1. The van der Waals surface area contributed by atoms with Crippen molar-refractivity contribution in [3.8, 4) is 33.8 Å². The second kappa shape index (κ2) is 8.66. The lowest BCUT2D eigenvalue weighted by molar-refractivity contribution is -0.115. The van der Waals surface area contributed by atoms with Crippen LogP contribution in [0, 0.1) is 5.82 Å². The van der Waals surface area contributed by atoms with Crippen molar-refractivity contribution in [2.75, 3.05) is 5.32 Å². The molecule has 1 amide bonds. The van der Waals surface area contributed by atoms with Crippen LogP contribution in [-0.4, -0.2) is 41.0 Å². The number of aromatic nitrogens is 7. The summed E-state index contributed by atoms with van der Waals surface area (Å²) in [4.78, 5) is 32.5. The Morgan fingerprint density at radius 3 is 2.75 bits per heavy atom. The Bertz CT molecular complexity index is 1740. The van der Waals surface area contributed by atoms with Gasteiger partial charge in [-0.2, -0.15) is 5.10 Å². The molecule has 6 aromatic rings. The maximum atomic E-state index is 15.1. The topological polar surface area (TPSA) is 125 Å². The molecule has 0 spiro atoms. The van der Waals surface area contributed by atoms with Gasteiger partial charge in [0.1, 0.15) is 11.2 Å². The van der Waals surface area contributed by atoms with Crippen molar-refractivity contribution in [1.29, 1.82) is 0 Å². The molecule has 0 aliphatic carbocycles. The minimum atomic E-state index is -0.488. The fraction of sp³-hybridized carbons (Fsp3) is 0.0769. The minimum Gasteiger partial charge on any atom is -0.335 e. The lowest BCUT2D eigenvalue weighted by atomic mass is 10.0. The molecule has 0 atom stereocenters. The van der Waals surface area contributed by atoms with Crippen LogP contribution in [0.3, 0.4) is 0 Å². The number of benzene rings is 1. The summed E-state index contributed by atoms with van der Waals surface area (Å²) in [6, 6.07) is 10.7. The summed E-state index contributed by atoms with van der Waals surface area (Å²) in [5.41, 5.74) is 5.60. The van der Waals surface area contributed by atoms with Gasteiger partial charge in [-0.15, -0.1) is 0 Å². The largest absolute Gasteiger partial charge is 0.335 e. The number of imidazole rings is 1. The number of hydrogen-bond acceptors (Lipinski definition) is 6. The summed E-state index contributed by atoms with van der Waals surface area (Å²) < 4.78 is 15.1. The summed E-state index contributed by atoms with van der Waals surface area (Å²) in [5, 5.41) is 10.4. The fourth-order valence-electron chi connectivity index (χ4n) is 4.13. The number of pyridine rings is 3. The summed E-state index contributed by atoms with van der Waals surface area (Å²) in [5.74, 6) is -0.134. The van der Waals surface area contributed by atoms with Gasteiger partial charge in [-0.1, -0.05) is 13.0 Å². The second-order valence-corrected chi connectivity index (χ2v) is 8.20.